The minimum Gasteiger partial charge on any atom is -0.412 e. The monoisotopic (exact) mass is 183 g/mol. The van der Waals surface area contributed by atoms with Gasteiger partial charge in [0.25, 0.3) is 0 Å². The van der Waals surface area contributed by atoms with Gasteiger partial charge in [0, 0.05) is 36.8 Å². The second-order valence-corrected chi connectivity index (χ2v) is 0. The van der Waals surface area contributed by atoms with Crippen molar-refractivity contribution in [3.63, 3.8) is 0 Å². The van der Waals surface area contributed by atoms with Crippen LogP contribution in [0.3, 0.4) is 0 Å². The molecule has 0 heterocycles. The summed E-state index contributed by atoms with van der Waals surface area (Å²) in [4.78, 5) is 0. The molecule has 0 rings (SSSR count). The Bertz CT molecular complexity index is 16.9. The van der Waals surface area contributed by atoms with E-state index in [-0.39, 0.29) is 42.3 Å². The number of rotatable bonds is 0. The molecule has 0 saturated carbocycles. The van der Waals surface area contributed by atoms with Crippen LogP contribution in [0.4, 0.5) is 0 Å². The van der Waals surface area contributed by atoms with Crippen molar-refractivity contribution in [3.05, 3.63) is 0 Å². The summed E-state index contributed by atoms with van der Waals surface area (Å²) in [5, 5.41) is 0. The summed E-state index contributed by atoms with van der Waals surface area (Å²) in [5.74, 6) is 0. The third kappa shape index (κ3) is 176. The number of hydrogen-bond acceptors (Lipinski definition) is 2. The van der Waals surface area contributed by atoms with Crippen molar-refractivity contribution in [1.82, 2.24) is 0 Å². The molecular weight excluding hydrogens is 179 g/mol. The molecular formula is H5AlBO3SiZn. The molecule has 7 heteroatoms. The van der Waals surface area contributed by atoms with Crippen LogP contribution < -0.4 is 0 Å². The Morgan fingerprint density at radius 3 is 1.14 bits per heavy atom. The van der Waals surface area contributed by atoms with Gasteiger partial charge in [-0.2, -0.15) is 0 Å². The van der Waals surface area contributed by atoms with E-state index in [9.17, 15) is 0 Å². The molecule has 0 fully saturated rings. The summed E-state index contributed by atoms with van der Waals surface area (Å²) in [5.41, 5.74) is 0. The zero-order chi connectivity index (χ0) is 4.00. The molecule has 0 bridgehead atoms. The third-order valence-corrected chi connectivity index (χ3v) is 0. The van der Waals surface area contributed by atoms with Gasteiger partial charge in [0.1, 0.15) is 0 Å². The molecule has 2 N–H and O–H groups in total. The van der Waals surface area contributed by atoms with Crippen molar-refractivity contribution in [2.45, 2.75) is 0 Å². The van der Waals surface area contributed by atoms with Crippen LogP contribution in [-0.4, -0.2) is 40.7 Å². The zero-order valence-electron chi connectivity index (χ0n) is 4.02. The third-order valence-electron chi connectivity index (χ3n) is 0. The maximum absolute atomic E-state index is 8.28. The molecule has 3 nitrogen and oxygen atoms in total. The second kappa shape index (κ2) is 253. The SMILES string of the molecule is B=O.O.O=[SiH2].[Al].[Zn]. The van der Waals surface area contributed by atoms with Crippen molar-refractivity contribution >= 4 is 35.2 Å². The van der Waals surface area contributed by atoms with Gasteiger partial charge in [-0.15, -0.1) is 0 Å². The van der Waals surface area contributed by atoms with Crippen molar-refractivity contribution in [3.8, 4) is 0 Å². The van der Waals surface area contributed by atoms with Crippen molar-refractivity contribution in [1.29, 1.82) is 0 Å². The van der Waals surface area contributed by atoms with Crippen molar-refractivity contribution < 1.29 is 34.1 Å². The molecule has 0 aliphatic heterocycles. The maximum atomic E-state index is 8.28. The summed E-state index contributed by atoms with van der Waals surface area (Å²) >= 11 is 0. The molecule has 0 unspecified atom stereocenters. The average molecular weight is 184 g/mol. The first-order valence-electron chi connectivity index (χ1n) is 0.577. The van der Waals surface area contributed by atoms with Crippen LogP contribution in [0.2, 0.25) is 0 Å². The Hall–Kier alpha value is 0.998. The van der Waals surface area contributed by atoms with Crippen LogP contribution in [0, 0.1) is 0 Å². The van der Waals surface area contributed by atoms with E-state index >= 15 is 0 Å². The van der Waals surface area contributed by atoms with Gasteiger partial charge >= 0.3 is 12.4 Å². The molecule has 7 heavy (non-hydrogen) atoms. The Morgan fingerprint density at radius 1 is 1.14 bits per heavy atom. The molecule has 0 aromatic carbocycles. The first kappa shape index (κ1) is 43.6. The minimum atomic E-state index is 0. The summed E-state index contributed by atoms with van der Waals surface area (Å²) in [6.45, 7) is 0. The molecule has 0 aromatic heterocycles. The summed E-state index contributed by atoms with van der Waals surface area (Å²) in [6.07, 6.45) is 0. The molecule has 0 amide bonds. The standard InChI is InChI=1S/Al.BHO.H2OSi.H2O.Zn/c;2*1-2;;/h;1H;2H2;1H2;. The summed E-state index contributed by atoms with van der Waals surface area (Å²) in [6, 6.07) is 0. The van der Waals surface area contributed by atoms with Gasteiger partial charge in [-0.3, -0.25) is 0 Å². The molecule has 35 valence electrons. The van der Waals surface area contributed by atoms with E-state index in [1.54, 1.807) is 0 Å². The van der Waals surface area contributed by atoms with Crippen LogP contribution in [0.5, 0.6) is 0 Å². The van der Waals surface area contributed by atoms with Gasteiger partial charge in [-0.1, -0.05) is 0 Å². The number of hydrogen-bond donors (Lipinski definition) is 0. The van der Waals surface area contributed by atoms with E-state index in [1.807, 2.05) is 7.72 Å². The van der Waals surface area contributed by atoms with Gasteiger partial charge in [-0.05, 0) is 0 Å². The fourth-order valence-electron chi connectivity index (χ4n) is 0. The predicted octanol–water partition coefficient (Wildman–Crippen LogP) is -3.01. The zero-order valence-corrected chi connectivity index (χ0v) is 9.55. The molecule has 0 aliphatic carbocycles. The predicted molar refractivity (Wildman–Crippen MR) is 26.4 cm³/mol. The van der Waals surface area contributed by atoms with Crippen LogP contribution in [0.15, 0.2) is 0 Å². The second-order valence-electron chi connectivity index (χ2n) is 0. The van der Waals surface area contributed by atoms with Gasteiger partial charge < -0.3 is 9.94 Å². The Kier molecular flexibility index (Phi) is 1570. The Balaban J connectivity index is -0.00000000267. The molecule has 0 atom stereocenters. The largest absolute Gasteiger partial charge is 0.412 e. The van der Waals surface area contributed by atoms with Crippen LogP contribution in [0.25, 0.3) is 0 Å². The van der Waals surface area contributed by atoms with E-state index in [1.165, 1.54) is 0 Å². The molecule has 0 aliphatic rings. The topological polar surface area (TPSA) is 65.6 Å². The van der Waals surface area contributed by atoms with Crippen LogP contribution in [0.1, 0.15) is 0 Å². The quantitative estimate of drug-likeness (QED) is 0.376. The van der Waals surface area contributed by atoms with Gasteiger partial charge in [-0.25, -0.2) is 0 Å². The normalized spacial score (nSPS) is 1.00. The molecule has 0 aromatic rings. The van der Waals surface area contributed by atoms with Gasteiger partial charge in [0.05, 0.1) is 0 Å². The Morgan fingerprint density at radius 2 is 1.14 bits per heavy atom. The van der Waals surface area contributed by atoms with E-state index in [2.05, 4.69) is 0 Å². The van der Waals surface area contributed by atoms with E-state index in [4.69, 9.17) is 9.17 Å². The van der Waals surface area contributed by atoms with Crippen molar-refractivity contribution in [2.75, 3.05) is 0 Å². The van der Waals surface area contributed by atoms with Crippen LogP contribution in [-0.2, 0) is 28.6 Å². The van der Waals surface area contributed by atoms with Crippen molar-refractivity contribution in [2.24, 2.45) is 0 Å². The Labute approximate surface area is 69.3 Å². The first-order valence-corrected chi connectivity index (χ1v) is 1.15. The van der Waals surface area contributed by atoms with E-state index in [0.717, 1.165) is 0 Å². The fraction of sp³-hybridized carbons (Fsp3) is 0. The van der Waals surface area contributed by atoms with Crippen LogP contribution >= 0.6 is 0 Å². The smallest absolute Gasteiger partial charge is 0.245 e. The van der Waals surface area contributed by atoms with E-state index in [0.29, 0.717) is 10.1 Å². The molecule has 3 radical (unpaired) electrons. The first-order chi connectivity index (χ1) is 2.00. The van der Waals surface area contributed by atoms with E-state index < -0.39 is 0 Å². The fourth-order valence-corrected chi connectivity index (χ4v) is 0. The molecule has 0 spiro atoms. The minimum absolute atomic E-state index is 0. The summed E-state index contributed by atoms with van der Waals surface area (Å²) < 4.78 is 16.3. The van der Waals surface area contributed by atoms with Gasteiger partial charge in [0.2, 0.25) is 10.1 Å². The molecule has 0 saturated heterocycles. The van der Waals surface area contributed by atoms with Gasteiger partial charge in [0.15, 0.2) is 0 Å². The average Bonchev–Trinajstić information content (AvgIpc) is 1.50. The summed E-state index contributed by atoms with van der Waals surface area (Å²) in [7, 11) is 2.61. The maximum Gasteiger partial charge on any atom is 0.245 e.